The van der Waals surface area contributed by atoms with E-state index in [-0.39, 0.29) is 18.9 Å². The number of rotatable bonds is 20. The highest BCUT2D eigenvalue weighted by Crippen LogP contribution is 2.29. The Morgan fingerprint density at radius 2 is 1.54 bits per heavy atom. The number of hydrogen-bond donors (Lipinski definition) is 3. The Morgan fingerprint density at radius 1 is 0.833 bits per heavy atom. The topological polar surface area (TPSA) is 166 Å². The van der Waals surface area contributed by atoms with E-state index in [9.17, 15) is 19.2 Å². The van der Waals surface area contributed by atoms with Gasteiger partial charge in [0.15, 0.2) is 5.58 Å². The van der Waals surface area contributed by atoms with Crippen LogP contribution in [0.1, 0.15) is 73.2 Å². The minimum atomic E-state index is -0.954. The molecular weight excluding hydrogens is 686 g/mol. The first-order chi connectivity index (χ1) is 26.4. The number of carbonyl (C=O) groups excluding carboxylic acids is 4. The zero-order valence-electron chi connectivity index (χ0n) is 30.7. The van der Waals surface area contributed by atoms with Crippen LogP contribution in [0, 0.1) is 5.92 Å². The number of oxazole rings is 1. The van der Waals surface area contributed by atoms with E-state index in [4.69, 9.17) is 19.6 Å². The van der Waals surface area contributed by atoms with Gasteiger partial charge in [0, 0.05) is 19.6 Å². The van der Waals surface area contributed by atoms with E-state index in [1.54, 1.807) is 24.3 Å². The second kappa shape index (κ2) is 19.3. The number of unbranched alkanes of at least 4 members (excludes halogenated alkanes) is 1. The number of Topliss-reactive ketones (excluding diaryl/α,β-unsaturated/α-hetero) is 1. The third-order valence-corrected chi connectivity index (χ3v) is 10.0. The molecule has 0 radical (unpaired) electrons. The molecule has 4 aromatic rings. The second-order valence-electron chi connectivity index (χ2n) is 14.3. The Balaban J connectivity index is 1.19. The van der Waals surface area contributed by atoms with Crippen molar-refractivity contribution < 1.29 is 33.1 Å². The number of hydrogen-bond acceptors (Lipinski definition) is 9. The Bertz CT molecular complexity index is 1800. The summed E-state index contributed by atoms with van der Waals surface area (Å²) in [5.74, 6) is -1.09. The molecule has 3 aromatic carbocycles. The Kier molecular flexibility index (Phi) is 13.8. The number of carbonyl (C=O) groups is 4. The van der Waals surface area contributed by atoms with Gasteiger partial charge in [-0.3, -0.25) is 14.4 Å². The maximum atomic E-state index is 14.5. The highest BCUT2D eigenvalue weighted by Gasteiger charge is 2.43. The summed E-state index contributed by atoms with van der Waals surface area (Å²) in [5.41, 5.74) is 8.99. The molecule has 286 valence electrons. The van der Waals surface area contributed by atoms with E-state index in [1.807, 2.05) is 48.5 Å². The normalized spacial score (nSPS) is 17.9. The van der Waals surface area contributed by atoms with E-state index < -0.39 is 47.9 Å². The summed E-state index contributed by atoms with van der Waals surface area (Å²) in [4.78, 5) is 61.4. The number of benzene rings is 3. The molecule has 6 rings (SSSR count). The van der Waals surface area contributed by atoms with Crippen LogP contribution in [0.25, 0.3) is 11.1 Å². The molecule has 4 atom stereocenters. The third kappa shape index (κ3) is 11.0. The molecule has 0 spiro atoms. The van der Waals surface area contributed by atoms with Crippen LogP contribution in [0.3, 0.4) is 0 Å². The zero-order chi connectivity index (χ0) is 37.7. The van der Waals surface area contributed by atoms with Crippen molar-refractivity contribution in [3.05, 3.63) is 102 Å². The van der Waals surface area contributed by atoms with Crippen LogP contribution in [-0.2, 0) is 31.9 Å². The van der Waals surface area contributed by atoms with Crippen LogP contribution < -0.4 is 16.4 Å². The average molecular weight is 738 g/mol. The lowest BCUT2D eigenvalue weighted by Gasteiger charge is -2.29. The van der Waals surface area contributed by atoms with Crippen molar-refractivity contribution >= 4 is 34.8 Å². The van der Waals surface area contributed by atoms with Gasteiger partial charge in [-0.05, 0) is 93.5 Å². The minimum Gasteiger partial charge on any atom is -0.449 e. The molecule has 12 nitrogen and oxygen atoms in total. The van der Waals surface area contributed by atoms with Crippen LogP contribution in [0.4, 0.5) is 4.79 Å². The van der Waals surface area contributed by atoms with E-state index in [0.717, 1.165) is 31.2 Å². The number of likely N-dealkylation sites (tertiary alicyclic amines) is 1. The number of para-hydroxylation sites is 2. The molecule has 2 aliphatic rings. The number of aromatic nitrogens is 1. The second-order valence-corrected chi connectivity index (χ2v) is 14.3. The molecule has 12 heteroatoms. The van der Waals surface area contributed by atoms with Crippen molar-refractivity contribution in [2.24, 2.45) is 11.7 Å². The standard InChI is InChI=1S/C42H51N5O7/c43-24-10-9-18-34(38(48)40-45-33-17-7-8-19-37(33)54-40)44-39(49)36-26-32(52-25-11-16-29-12-3-1-4-13-29)27-47(36)41(50)35(23-22-30-14-5-2-6-15-30)46-42(51)53-28-31-20-21-31/h1-8,12-15,17,19,31-32,34-36H,9-11,16,18,20-28,43H2,(H,44,49)(H,46,51)/t32-,34+,35-,36+/m1/s1. The molecule has 0 unspecified atom stereocenters. The van der Waals surface area contributed by atoms with Crippen molar-refractivity contribution in [1.82, 2.24) is 20.5 Å². The lowest BCUT2D eigenvalue weighted by molar-refractivity contribution is -0.140. The molecule has 2 fully saturated rings. The zero-order valence-corrected chi connectivity index (χ0v) is 30.7. The largest absolute Gasteiger partial charge is 0.449 e. The molecule has 1 saturated carbocycles. The van der Waals surface area contributed by atoms with Gasteiger partial charge in [0.1, 0.15) is 17.6 Å². The highest BCUT2D eigenvalue weighted by molar-refractivity contribution is 6.01. The van der Waals surface area contributed by atoms with Gasteiger partial charge in [-0.25, -0.2) is 9.78 Å². The van der Waals surface area contributed by atoms with E-state index >= 15 is 0 Å². The number of nitrogens with zero attached hydrogens (tertiary/aromatic N) is 2. The van der Waals surface area contributed by atoms with Crippen LogP contribution in [0.2, 0.25) is 0 Å². The first-order valence-corrected chi connectivity index (χ1v) is 19.2. The van der Waals surface area contributed by atoms with Gasteiger partial charge in [-0.2, -0.15) is 0 Å². The van der Waals surface area contributed by atoms with E-state index in [0.29, 0.717) is 68.9 Å². The lowest BCUT2D eigenvalue weighted by atomic mass is 10.0. The quantitative estimate of drug-likeness (QED) is 0.0798. The molecule has 1 aliphatic heterocycles. The summed E-state index contributed by atoms with van der Waals surface area (Å²) in [6, 6.07) is 24.1. The smallest absolute Gasteiger partial charge is 0.407 e. The highest BCUT2D eigenvalue weighted by atomic mass is 16.5. The SMILES string of the molecule is NCCCC[C@H](NC(=O)[C@@H]1C[C@@H](OCCCc2ccccc2)CN1C(=O)[C@@H](CCc1ccccc1)NC(=O)OCC1CC1)C(=O)c1nc2ccccc2o1. The molecule has 3 amide bonds. The molecule has 54 heavy (non-hydrogen) atoms. The van der Waals surface area contributed by atoms with Gasteiger partial charge in [0.05, 0.1) is 18.8 Å². The Morgan fingerprint density at radius 3 is 2.24 bits per heavy atom. The first kappa shape index (κ1) is 38.6. The van der Waals surface area contributed by atoms with Crippen LogP contribution in [-0.4, -0.2) is 84.1 Å². The molecule has 1 saturated heterocycles. The van der Waals surface area contributed by atoms with Gasteiger partial charge < -0.3 is 35.2 Å². The Labute approximate surface area is 316 Å². The molecule has 2 heterocycles. The third-order valence-electron chi connectivity index (χ3n) is 10.0. The van der Waals surface area contributed by atoms with E-state index in [1.165, 1.54) is 10.5 Å². The predicted molar refractivity (Wildman–Crippen MR) is 204 cm³/mol. The molecule has 0 bridgehead atoms. The van der Waals surface area contributed by atoms with Crippen molar-refractivity contribution in [1.29, 1.82) is 0 Å². The van der Waals surface area contributed by atoms with Gasteiger partial charge in [0.2, 0.25) is 17.6 Å². The summed E-state index contributed by atoms with van der Waals surface area (Å²) in [7, 11) is 0. The molecule has 4 N–H and O–H groups in total. The number of aryl methyl sites for hydroxylation is 2. The van der Waals surface area contributed by atoms with Crippen LogP contribution in [0.5, 0.6) is 0 Å². The van der Waals surface area contributed by atoms with Gasteiger partial charge >= 0.3 is 6.09 Å². The number of nitrogens with one attached hydrogen (secondary N) is 2. The van der Waals surface area contributed by atoms with Crippen molar-refractivity contribution in [3.8, 4) is 0 Å². The van der Waals surface area contributed by atoms with Crippen LogP contribution in [0.15, 0.2) is 89.3 Å². The number of nitrogens with two attached hydrogens (primary N) is 1. The molecule has 1 aliphatic carbocycles. The van der Waals surface area contributed by atoms with Gasteiger partial charge in [-0.1, -0.05) is 72.8 Å². The number of fused-ring (bicyclic) bond motifs is 1. The first-order valence-electron chi connectivity index (χ1n) is 19.2. The van der Waals surface area contributed by atoms with Crippen LogP contribution >= 0.6 is 0 Å². The maximum absolute atomic E-state index is 14.5. The number of ketones is 1. The van der Waals surface area contributed by atoms with Crippen molar-refractivity contribution in [3.63, 3.8) is 0 Å². The summed E-state index contributed by atoms with van der Waals surface area (Å²) < 4.78 is 17.5. The summed E-state index contributed by atoms with van der Waals surface area (Å²) >= 11 is 0. The summed E-state index contributed by atoms with van der Waals surface area (Å²) in [5, 5.41) is 5.75. The number of alkyl carbamates (subject to hydrolysis) is 1. The monoisotopic (exact) mass is 737 g/mol. The van der Waals surface area contributed by atoms with Gasteiger partial charge in [0.25, 0.3) is 5.89 Å². The predicted octanol–water partition coefficient (Wildman–Crippen LogP) is 5.38. The Hall–Kier alpha value is -5.07. The lowest BCUT2D eigenvalue weighted by Crippen LogP contribution is -2.55. The summed E-state index contributed by atoms with van der Waals surface area (Å²) in [6.45, 7) is 1.34. The summed E-state index contributed by atoms with van der Waals surface area (Å²) in [6.07, 6.45) is 5.14. The van der Waals surface area contributed by atoms with Gasteiger partial charge in [-0.15, -0.1) is 0 Å². The number of amides is 3. The fourth-order valence-electron chi connectivity index (χ4n) is 6.81. The van der Waals surface area contributed by atoms with Crippen molar-refractivity contribution in [2.75, 3.05) is 26.3 Å². The average Bonchev–Trinajstić information content (AvgIpc) is 3.77. The van der Waals surface area contributed by atoms with E-state index in [2.05, 4.69) is 27.8 Å². The fraction of sp³-hybridized carbons (Fsp3) is 0.452. The minimum absolute atomic E-state index is 0.0943. The number of ether oxygens (including phenoxy) is 2. The molecule has 1 aromatic heterocycles. The maximum Gasteiger partial charge on any atom is 0.407 e. The molecular formula is C42H51N5O7. The van der Waals surface area contributed by atoms with Crippen molar-refractivity contribution in [2.45, 2.75) is 88.4 Å². The fourth-order valence-corrected chi connectivity index (χ4v) is 6.81.